The first-order valence-electron chi connectivity index (χ1n) is 10.5. The number of nitrogens with one attached hydrogen (secondary N) is 2. The molecular formula is C22H21Cl2N7O2. The Hall–Kier alpha value is -3.14. The zero-order valence-corrected chi connectivity index (χ0v) is 19.3. The zero-order valence-electron chi connectivity index (χ0n) is 17.8. The molecule has 1 amide bonds. The number of rotatable bonds is 7. The summed E-state index contributed by atoms with van der Waals surface area (Å²) in [6.45, 7) is 5.27. The first kappa shape index (κ1) is 21.7. The molecule has 0 radical (unpaired) electrons. The van der Waals surface area contributed by atoms with Gasteiger partial charge in [0.25, 0.3) is 5.91 Å². The number of anilines is 1. The predicted molar refractivity (Wildman–Crippen MR) is 126 cm³/mol. The summed E-state index contributed by atoms with van der Waals surface area (Å²) >= 11 is 12.3. The van der Waals surface area contributed by atoms with Gasteiger partial charge in [0.2, 0.25) is 0 Å². The number of fused-ring (bicyclic) bond motifs is 1. The molecule has 2 N–H and O–H groups in total. The third-order valence-electron chi connectivity index (χ3n) is 5.70. The van der Waals surface area contributed by atoms with Crippen LogP contribution in [0.4, 0.5) is 5.69 Å². The van der Waals surface area contributed by atoms with E-state index in [9.17, 15) is 4.79 Å². The minimum absolute atomic E-state index is 0.168. The molecule has 0 spiro atoms. The average Bonchev–Trinajstić information content (AvgIpc) is 3.39. The lowest BCUT2D eigenvalue weighted by Gasteiger charge is -2.38. The first-order valence-corrected chi connectivity index (χ1v) is 11.2. The summed E-state index contributed by atoms with van der Waals surface area (Å²) in [7, 11) is 0. The maximum atomic E-state index is 12.9. The highest BCUT2D eigenvalue weighted by atomic mass is 35.5. The fraction of sp³-hybridized carbons (Fsp3) is 0.273. The third-order valence-corrected chi connectivity index (χ3v) is 6.35. The SMILES string of the molecule is CCN1CC(n2cc(NC(=O)c3n[nH]c4ccc(OCc5c(Cl)cncc5Cl)cc34)cn2)C1. The van der Waals surface area contributed by atoms with E-state index >= 15 is 0 Å². The highest BCUT2D eigenvalue weighted by Crippen LogP contribution is 2.27. The number of carbonyl (C=O) groups excluding carboxylic acids is 1. The van der Waals surface area contributed by atoms with Gasteiger partial charge in [-0.1, -0.05) is 30.1 Å². The summed E-state index contributed by atoms with van der Waals surface area (Å²) < 4.78 is 7.76. The van der Waals surface area contributed by atoms with Crippen molar-refractivity contribution in [2.24, 2.45) is 0 Å². The van der Waals surface area contributed by atoms with E-state index in [2.05, 4.69) is 37.4 Å². The van der Waals surface area contributed by atoms with Gasteiger partial charge in [0.05, 0.1) is 33.5 Å². The van der Waals surface area contributed by atoms with Crippen molar-refractivity contribution in [3.05, 3.63) is 64.3 Å². The molecule has 0 bridgehead atoms. The molecule has 0 aliphatic carbocycles. The van der Waals surface area contributed by atoms with Gasteiger partial charge in [0.1, 0.15) is 12.4 Å². The molecule has 0 unspecified atom stereocenters. The van der Waals surface area contributed by atoms with Crippen LogP contribution in [0, 0.1) is 0 Å². The predicted octanol–water partition coefficient (Wildman–Crippen LogP) is 4.17. The van der Waals surface area contributed by atoms with Gasteiger partial charge in [-0.3, -0.25) is 24.5 Å². The molecule has 1 fully saturated rings. The van der Waals surface area contributed by atoms with Crippen LogP contribution < -0.4 is 10.1 Å². The first-order chi connectivity index (χ1) is 16.0. The van der Waals surface area contributed by atoms with Gasteiger partial charge in [-0.25, -0.2) is 0 Å². The molecule has 11 heteroatoms. The van der Waals surface area contributed by atoms with Crippen LogP contribution >= 0.6 is 23.2 Å². The van der Waals surface area contributed by atoms with E-state index in [0.29, 0.717) is 38.5 Å². The van der Waals surface area contributed by atoms with Crippen molar-refractivity contribution in [1.82, 2.24) is 29.9 Å². The minimum Gasteiger partial charge on any atom is -0.489 e. The Morgan fingerprint density at radius 3 is 2.79 bits per heavy atom. The van der Waals surface area contributed by atoms with Crippen molar-refractivity contribution in [3.8, 4) is 5.75 Å². The van der Waals surface area contributed by atoms with Gasteiger partial charge in [0.15, 0.2) is 5.69 Å². The van der Waals surface area contributed by atoms with Gasteiger partial charge in [-0.05, 0) is 24.7 Å². The summed E-state index contributed by atoms with van der Waals surface area (Å²) in [4.78, 5) is 19.2. The highest BCUT2D eigenvalue weighted by molar-refractivity contribution is 6.35. The maximum absolute atomic E-state index is 12.9. The van der Waals surface area contributed by atoms with E-state index in [-0.39, 0.29) is 18.2 Å². The second-order valence-corrected chi connectivity index (χ2v) is 8.63. The molecule has 3 aromatic heterocycles. The van der Waals surface area contributed by atoms with Crippen molar-refractivity contribution in [2.45, 2.75) is 19.6 Å². The Labute approximate surface area is 199 Å². The Kier molecular flexibility index (Phi) is 5.92. The molecule has 0 saturated carbocycles. The molecule has 1 aliphatic heterocycles. The molecule has 170 valence electrons. The summed E-state index contributed by atoms with van der Waals surface area (Å²) in [5.74, 6) is 0.224. The highest BCUT2D eigenvalue weighted by Gasteiger charge is 2.27. The Morgan fingerprint density at radius 1 is 1.24 bits per heavy atom. The normalized spacial score (nSPS) is 14.4. The van der Waals surface area contributed by atoms with Crippen LogP contribution in [0.5, 0.6) is 5.75 Å². The largest absolute Gasteiger partial charge is 0.489 e. The number of hydrogen-bond acceptors (Lipinski definition) is 6. The quantitative estimate of drug-likeness (QED) is 0.407. The Balaban J connectivity index is 1.29. The number of halogens is 2. The topological polar surface area (TPSA) is 101 Å². The van der Waals surface area contributed by atoms with Crippen LogP contribution in [0.15, 0.2) is 43.0 Å². The molecular weight excluding hydrogens is 465 g/mol. The average molecular weight is 486 g/mol. The second-order valence-electron chi connectivity index (χ2n) is 7.82. The second kappa shape index (κ2) is 9.01. The Bertz CT molecular complexity index is 1290. The number of pyridine rings is 1. The number of nitrogens with zero attached hydrogens (tertiary/aromatic N) is 5. The van der Waals surface area contributed by atoms with E-state index in [0.717, 1.165) is 25.2 Å². The fourth-order valence-corrected chi connectivity index (χ4v) is 4.22. The standard InChI is InChI=1S/C22H21Cl2N7O2/c1-2-30-10-14(11-30)31-9-13(6-26-31)27-22(32)21-16-5-15(3-4-20(16)28-29-21)33-12-17-18(23)7-25-8-19(17)24/h3-9,14H,2,10-12H2,1H3,(H,27,32)(H,28,29). The van der Waals surface area contributed by atoms with E-state index < -0.39 is 0 Å². The van der Waals surface area contributed by atoms with E-state index in [1.807, 2.05) is 10.9 Å². The van der Waals surface area contributed by atoms with Crippen LogP contribution in [0.2, 0.25) is 10.0 Å². The summed E-state index contributed by atoms with van der Waals surface area (Å²) in [6.07, 6.45) is 6.53. The summed E-state index contributed by atoms with van der Waals surface area (Å²) in [5.41, 5.74) is 2.26. The van der Waals surface area contributed by atoms with Crippen LogP contribution in [0.25, 0.3) is 10.9 Å². The van der Waals surface area contributed by atoms with Gasteiger partial charge in [0, 0.05) is 42.6 Å². The number of likely N-dealkylation sites (tertiary alicyclic amines) is 1. The number of H-pyrrole nitrogens is 1. The van der Waals surface area contributed by atoms with E-state index in [4.69, 9.17) is 27.9 Å². The van der Waals surface area contributed by atoms with Crippen molar-refractivity contribution in [3.63, 3.8) is 0 Å². The molecule has 4 heterocycles. The number of benzene rings is 1. The van der Waals surface area contributed by atoms with Crippen molar-refractivity contribution in [1.29, 1.82) is 0 Å². The lowest BCUT2D eigenvalue weighted by Crippen LogP contribution is -2.47. The molecule has 4 aromatic rings. The van der Waals surface area contributed by atoms with Gasteiger partial charge >= 0.3 is 0 Å². The third kappa shape index (κ3) is 4.39. The number of aromatic amines is 1. The van der Waals surface area contributed by atoms with Crippen molar-refractivity contribution < 1.29 is 9.53 Å². The number of hydrogen-bond donors (Lipinski definition) is 2. The summed E-state index contributed by atoms with van der Waals surface area (Å²) in [5, 5.41) is 15.8. The zero-order chi connectivity index (χ0) is 22.9. The molecule has 33 heavy (non-hydrogen) atoms. The Morgan fingerprint density at radius 2 is 2.03 bits per heavy atom. The van der Waals surface area contributed by atoms with Crippen LogP contribution in [-0.4, -0.2) is 55.4 Å². The van der Waals surface area contributed by atoms with Crippen LogP contribution in [0.3, 0.4) is 0 Å². The molecule has 9 nitrogen and oxygen atoms in total. The minimum atomic E-state index is -0.332. The lowest BCUT2D eigenvalue weighted by molar-refractivity contribution is 0.102. The molecule has 1 aromatic carbocycles. The molecule has 1 saturated heterocycles. The number of carbonyl (C=O) groups is 1. The van der Waals surface area contributed by atoms with Crippen molar-refractivity contribution in [2.75, 3.05) is 25.0 Å². The van der Waals surface area contributed by atoms with E-state index in [1.54, 1.807) is 24.4 Å². The number of likely N-dealkylation sites (N-methyl/N-ethyl adjacent to an activating group) is 1. The monoisotopic (exact) mass is 485 g/mol. The van der Waals surface area contributed by atoms with Crippen LogP contribution in [0.1, 0.15) is 29.0 Å². The smallest absolute Gasteiger partial charge is 0.276 e. The van der Waals surface area contributed by atoms with E-state index in [1.165, 1.54) is 12.4 Å². The van der Waals surface area contributed by atoms with Gasteiger partial charge in [-0.2, -0.15) is 10.2 Å². The van der Waals surface area contributed by atoms with Crippen molar-refractivity contribution >= 4 is 45.7 Å². The maximum Gasteiger partial charge on any atom is 0.276 e. The van der Waals surface area contributed by atoms with Gasteiger partial charge in [-0.15, -0.1) is 0 Å². The number of ether oxygens (including phenoxy) is 1. The number of aromatic nitrogens is 5. The number of amides is 1. The molecule has 5 rings (SSSR count). The summed E-state index contributed by atoms with van der Waals surface area (Å²) in [6, 6.07) is 5.68. The lowest BCUT2D eigenvalue weighted by atomic mass is 10.1. The molecule has 1 aliphatic rings. The van der Waals surface area contributed by atoms with Gasteiger partial charge < -0.3 is 10.1 Å². The fourth-order valence-electron chi connectivity index (χ4n) is 3.75. The van der Waals surface area contributed by atoms with Crippen LogP contribution in [-0.2, 0) is 6.61 Å². The molecule has 0 atom stereocenters.